The van der Waals surface area contributed by atoms with Crippen molar-refractivity contribution in [2.24, 2.45) is 0 Å². The van der Waals surface area contributed by atoms with Crippen molar-refractivity contribution < 1.29 is 8.42 Å². The first-order chi connectivity index (χ1) is 9.38. The van der Waals surface area contributed by atoms with Gasteiger partial charge in [0.15, 0.2) is 0 Å². The number of thiophene rings is 1. The van der Waals surface area contributed by atoms with E-state index in [1.54, 1.807) is 11.3 Å². The lowest BCUT2D eigenvalue weighted by Gasteiger charge is -2.12. The van der Waals surface area contributed by atoms with Gasteiger partial charge in [-0.05, 0) is 25.8 Å². The normalized spacial score (nSPS) is 17.2. The summed E-state index contributed by atoms with van der Waals surface area (Å²) in [5.41, 5.74) is 0. The van der Waals surface area contributed by atoms with Gasteiger partial charge in [-0.25, -0.2) is 13.1 Å². The Hall–Kier alpha value is -0.430. The monoisotopic (exact) mass is 316 g/mol. The molecule has 2 rings (SSSR count). The van der Waals surface area contributed by atoms with Crippen molar-refractivity contribution in [2.75, 3.05) is 0 Å². The molecular weight excluding hydrogens is 292 g/mol. The summed E-state index contributed by atoms with van der Waals surface area (Å²) < 4.78 is 27.7. The number of rotatable bonds is 6. The molecule has 0 atom stereocenters. The van der Waals surface area contributed by atoms with E-state index in [9.17, 15) is 8.42 Å². The minimum Gasteiger partial charge on any atom is -0.310 e. The second-order valence-electron chi connectivity index (χ2n) is 5.77. The van der Waals surface area contributed by atoms with Crippen LogP contribution in [0, 0.1) is 6.92 Å². The lowest BCUT2D eigenvalue weighted by Crippen LogP contribution is -2.32. The highest BCUT2D eigenvalue weighted by Gasteiger charge is 2.25. The molecule has 6 heteroatoms. The zero-order chi connectivity index (χ0) is 14.8. The van der Waals surface area contributed by atoms with E-state index in [0.717, 1.165) is 42.0 Å². The molecule has 20 heavy (non-hydrogen) atoms. The molecule has 1 fully saturated rings. The number of hydrogen-bond acceptors (Lipinski definition) is 4. The second-order valence-corrected chi connectivity index (χ2v) is 8.79. The van der Waals surface area contributed by atoms with Gasteiger partial charge < -0.3 is 5.32 Å². The Balaban J connectivity index is 2.10. The lowest BCUT2D eigenvalue weighted by atomic mass is 10.3. The van der Waals surface area contributed by atoms with Crippen LogP contribution in [-0.4, -0.2) is 20.5 Å². The van der Waals surface area contributed by atoms with E-state index >= 15 is 0 Å². The predicted octanol–water partition coefficient (Wildman–Crippen LogP) is 2.78. The van der Waals surface area contributed by atoms with Crippen molar-refractivity contribution in [2.45, 2.75) is 70.0 Å². The quantitative estimate of drug-likeness (QED) is 0.848. The molecule has 1 aromatic rings. The van der Waals surface area contributed by atoms with Gasteiger partial charge in [-0.1, -0.05) is 26.7 Å². The third kappa shape index (κ3) is 4.04. The van der Waals surface area contributed by atoms with Crippen molar-refractivity contribution >= 4 is 21.4 Å². The van der Waals surface area contributed by atoms with E-state index < -0.39 is 10.0 Å². The van der Waals surface area contributed by atoms with E-state index in [2.05, 4.69) is 23.9 Å². The van der Waals surface area contributed by atoms with Crippen LogP contribution >= 0.6 is 11.3 Å². The van der Waals surface area contributed by atoms with Crippen LogP contribution in [-0.2, 0) is 16.6 Å². The Bertz CT molecular complexity index is 544. The smallest absolute Gasteiger partial charge is 0.241 e. The first-order valence-corrected chi connectivity index (χ1v) is 9.53. The summed E-state index contributed by atoms with van der Waals surface area (Å²) in [7, 11) is -3.36. The fourth-order valence-electron chi connectivity index (χ4n) is 2.51. The molecule has 0 amide bonds. The zero-order valence-corrected chi connectivity index (χ0v) is 14.0. The minimum absolute atomic E-state index is 0.122. The maximum absolute atomic E-state index is 12.4. The van der Waals surface area contributed by atoms with Gasteiger partial charge in [0.1, 0.15) is 0 Å². The molecule has 0 spiro atoms. The summed E-state index contributed by atoms with van der Waals surface area (Å²) in [6.45, 7) is 6.77. The summed E-state index contributed by atoms with van der Waals surface area (Å²) in [4.78, 5) is 2.40. The third-order valence-electron chi connectivity index (χ3n) is 3.57. The van der Waals surface area contributed by atoms with Crippen LogP contribution in [0.15, 0.2) is 11.0 Å². The molecule has 0 radical (unpaired) electrons. The van der Waals surface area contributed by atoms with E-state index in [4.69, 9.17) is 0 Å². The summed E-state index contributed by atoms with van der Waals surface area (Å²) >= 11 is 1.56. The maximum Gasteiger partial charge on any atom is 0.241 e. The average molecular weight is 316 g/mol. The van der Waals surface area contributed by atoms with Crippen LogP contribution in [0.2, 0.25) is 0 Å². The van der Waals surface area contributed by atoms with Crippen molar-refractivity contribution in [1.29, 1.82) is 0 Å². The van der Waals surface area contributed by atoms with Gasteiger partial charge in [-0.15, -0.1) is 11.3 Å². The van der Waals surface area contributed by atoms with E-state index in [-0.39, 0.29) is 6.04 Å². The molecule has 1 aromatic heterocycles. The van der Waals surface area contributed by atoms with E-state index in [1.165, 1.54) is 0 Å². The van der Waals surface area contributed by atoms with Gasteiger partial charge >= 0.3 is 0 Å². The van der Waals surface area contributed by atoms with Crippen molar-refractivity contribution in [3.63, 3.8) is 0 Å². The van der Waals surface area contributed by atoms with Crippen molar-refractivity contribution in [3.05, 3.63) is 15.8 Å². The molecule has 0 aromatic carbocycles. The Labute approximate surface area is 126 Å². The largest absolute Gasteiger partial charge is 0.310 e. The molecule has 0 saturated heterocycles. The Morgan fingerprint density at radius 1 is 1.35 bits per heavy atom. The molecule has 0 bridgehead atoms. The van der Waals surface area contributed by atoms with Gasteiger partial charge in [0.2, 0.25) is 10.0 Å². The second kappa shape index (κ2) is 6.56. The maximum atomic E-state index is 12.4. The number of nitrogens with one attached hydrogen (secondary N) is 2. The fourth-order valence-corrected chi connectivity index (χ4v) is 5.40. The lowest BCUT2D eigenvalue weighted by molar-refractivity contribution is 0.552. The van der Waals surface area contributed by atoms with Crippen LogP contribution in [0.4, 0.5) is 0 Å². The molecule has 4 nitrogen and oxygen atoms in total. The number of sulfonamides is 1. The molecule has 0 aliphatic heterocycles. The molecule has 1 aliphatic rings. The van der Waals surface area contributed by atoms with Crippen LogP contribution in [0.3, 0.4) is 0 Å². The number of hydrogen-bond donors (Lipinski definition) is 2. The first kappa shape index (κ1) is 15.9. The topological polar surface area (TPSA) is 58.2 Å². The summed E-state index contributed by atoms with van der Waals surface area (Å²) in [6, 6.07) is 2.33. The van der Waals surface area contributed by atoms with Crippen molar-refractivity contribution in [3.8, 4) is 0 Å². The molecule has 1 saturated carbocycles. The third-order valence-corrected chi connectivity index (χ3v) is 6.40. The van der Waals surface area contributed by atoms with Gasteiger partial charge in [0.25, 0.3) is 0 Å². The number of aryl methyl sites for hydroxylation is 1. The molecule has 2 N–H and O–H groups in total. The van der Waals surface area contributed by atoms with Gasteiger partial charge in [0.05, 0.1) is 4.90 Å². The molecule has 1 heterocycles. The molecule has 0 unspecified atom stereocenters. The van der Waals surface area contributed by atoms with Crippen LogP contribution in [0.1, 0.15) is 49.3 Å². The van der Waals surface area contributed by atoms with Crippen LogP contribution in [0.25, 0.3) is 0 Å². The fraction of sp³-hybridized carbons (Fsp3) is 0.714. The highest BCUT2D eigenvalue weighted by Crippen LogP contribution is 2.27. The SMILES string of the molecule is Cc1sc(CNC(C)C)cc1S(=O)(=O)NC1CCCC1. The van der Waals surface area contributed by atoms with Crippen LogP contribution < -0.4 is 10.0 Å². The Kier molecular flexibility index (Phi) is 5.23. The highest BCUT2D eigenvalue weighted by molar-refractivity contribution is 7.89. The average Bonchev–Trinajstić information content (AvgIpc) is 2.95. The zero-order valence-electron chi connectivity index (χ0n) is 12.4. The summed E-state index contributed by atoms with van der Waals surface area (Å²) in [6.07, 6.45) is 4.17. The predicted molar refractivity (Wildman–Crippen MR) is 83.6 cm³/mol. The Morgan fingerprint density at radius 2 is 2.00 bits per heavy atom. The first-order valence-electron chi connectivity index (χ1n) is 7.23. The van der Waals surface area contributed by atoms with Crippen molar-refractivity contribution in [1.82, 2.24) is 10.0 Å². The molecule has 1 aliphatic carbocycles. The molecule has 114 valence electrons. The van der Waals surface area contributed by atoms with Gasteiger partial charge in [0, 0.05) is 28.4 Å². The van der Waals surface area contributed by atoms with Crippen LogP contribution in [0.5, 0.6) is 0 Å². The minimum atomic E-state index is -3.36. The van der Waals surface area contributed by atoms with E-state index in [0.29, 0.717) is 10.9 Å². The summed E-state index contributed by atoms with van der Waals surface area (Å²) in [5, 5.41) is 3.32. The Morgan fingerprint density at radius 3 is 2.60 bits per heavy atom. The highest BCUT2D eigenvalue weighted by atomic mass is 32.2. The van der Waals surface area contributed by atoms with Gasteiger partial charge in [-0.3, -0.25) is 0 Å². The van der Waals surface area contributed by atoms with E-state index in [1.807, 2.05) is 13.0 Å². The molecular formula is C14H24N2O2S2. The standard InChI is InChI=1S/C14H24N2O2S2/c1-10(2)15-9-13-8-14(11(3)19-13)20(17,18)16-12-6-4-5-7-12/h8,10,12,15-16H,4-7,9H2,1-3H3. The summed E-state index contributed by atoms with van der Waals surface area (Å²) in [5.74, 6) is 0. The van der Waals surface area contributed by atoms with Gasteiger partial charge in [-0.2, -0.15) is 0 Å².